The Morgan fingerprint density at radius 2 is 0.939 bits per heavy atom. The first-order valence-corrected chi connectivity index (χ1v) is 16.4. The summed E-state index contributed by atoms with van der Waals surface area (Å²) in [6.07, 6.45) is 27.4. The summed E-state index contributed by atoms with van der Waals surface area (Å²) >= 11 is 0. The van der Waals surface area contributed by atoms with Gasteiger partial charge in [-0.3, -0.25) is 0 Å². The number of rotatable bonds is 6. The topological polar surface area (TPSA) is 0 Å². The Labute approximate surface area is 203 Å². The second kappa shape index (κ2) is 11.2. The smallest absolute Gasteiger partial charge is 0.0624 e. The van der Waals surface area contributed by atoms with Crippen LogP contribution >= 0.6 is 0 Å². The fraction of sp³-hybridized carbons (Fsp3) is 0.562. The minimum atomic E-state index is -1.70. The Morgan fingerprint density at radius 1 is 0.485 bits per heavy atom. The van der Waals surface area contributed by atoms with Crippen molar-refractivity contribution < 1.29 is 0 Å². The molecule has 0 unspecified atom stereocenters. The third-order valence-electron chi connectivity index (χ3n) is 9.52. The molecule has 1 heteroatoms. The van der Waals surface area contributed by atoms with E-state index in [0.29, 0.717) is 0 Å². The van der Waals surface area contributed by atoms with E-state index in [2.05, 4.69) is 66.7 Å². The minimum absolute atomic E-state index is 1.02. The predicted octanol–water partition coefficient (Wildman–Crippen LogP) is 9.52. The quantitative estimate of drug-likeness (QED) is 0.300. The third-order valence-corrected chi connectivity index (χ3v) is 16.7. The molecule has 3 fully saturated rings. The molecule has 0 aromatic heterocycles. The molecule has 0 saturated heterocycles. The van der Waals surface area contributed by atoms with Gasteiger partial charge in [0.2, 0.25) is 0 Å². The fourth-order valence-corrected chi connectivity index (χ4v) is 16.6. The van der Waals surface area contributed by atoms with Crippen LogP contribution in [0.25, 0.3) is 12.2 Å². The largest absolute Gasteiger partial charge is 0.0966 e. The molecular formula is C32H44Si. The monoisotopic (exact) mass is 456 g/mol. The number of benzene rings is 2. The van der Waals surface area contributed by atoms with Crippen LogP contribution in [0.15, 0.2) is 54.6 Å². The van der Waals surface area contributed by atoms with E-state index < -0.39 is 8.07 Å². The van der Waals surface area contributed by atoms with Crippen LogP contribution in [0.5, 0.6) is 0 Å². The van der Waals surface area contributed by atoms with E-state index in [1.807, 2.05) is 5.19 Å². The Kier molecular flexibility index (Phi) is 7.87. The van der Waals surface area contributed by atoms with Crippen molar-refractivity contribution in [3.05, 3.63) is 65.7 Å². The van der Waals surface area contributed by atoms with Gasteiger partial charge in [-0.15, -0.1) is 0 Å². The highest BCUT2D eigenvalue weighted by Gasteiger charge is 2.54. The molecule has 0 nitrogen and oxygen atoms in total. The van der Waals surface area contributed by atoms with Gasteiger partial charge >= 0.3 is 0 Å². The summed E-state index contributed by atoms with van der Waals surface area (Å²) in [5.74, 6) is 0. The summed E-state index contributed by atoms with van der Waals surface area (Å²) in [6.45, 7) is 0. The molecule has 3 aliphatic rings. The van der Waals surface area contributed by atoms with E-state index in [0.717, 1.165) is 16.6 Å². The SMILES string of the molecule is C(=C\c1ccccc1[Si](C1CCCCC1)(C1CCCCC1)C1CCCCC1)/c1ccccc1. The maximum absolute atomic E-state index is 2.63. The van der Waals surface area contributed by atoms with Crippen molar-refractivity contribution in [1.82, 2.24) is 0 Å². The van der Waals surface area contributed by atoms with Gasteiger partial charge in [-0.2, -0.15) is 0 Å². The maximum atomic E-state index is 2.63. The third kappa shape index (κ3) is 4.95. The fourth-order valence-electron chi connectivity index (χ4n) is 8.19. The second-order valence-electron chi connectivity index (χ2n) is 11.3. The standard InChI is InChI=1S/C32H44Si/c1-5-15-27(16-6-1)25-26-28-17-13-14-24-32(28)33(29-18-7-2-8-19-29,30-20-9-3-10-21-30)31-22-11-4-12-23-31/h1,5-6,13-17,24-26,29-31H,2-4,7-12,18-23H2/b26-25+. The molecule has 0 radical (unpaired) electrons. The molecule has 0 heterocycles. The highest BCUT2D eigenvalue weighted by atomic mass is 28.3. The van der Waals surface area contributed by atoms with Gasteiger partial charge in [0.1, 0.15) is 0 Å². The molecule has 176 valence electrons. The van der Waals surface area contributed by atoms with E-state index in [1.165, 1.54) is 102 Å². The Morgan fingerprint density at radius 3 is 1.45 bits per heavy atom. The molecule has 0 amide bonds. The Balaban J connectivity index is 1.64. The first-order valence-electron chi connectivity index (χ1n) is 14.2. The highest BCUT2D eigenvalue weighted by molar-refractivity contribution is 6.95. The van der Waals surface area contributed by atoms with Crippen molar-refractivity contribution in [1.29, 1.82) is 0 Å². The summed E-state index contributed by atoms with van der Waals surface area (Å²) in [5, 5.41) is 1.86. The number of hydrogen-bond acceptors (Lipinski definition) is 0. The number of hydrogen-bond donors (Lipinski definition) is 0. The van der Waals surface area contributed by atoms with E-state index >= 15 is 0 Å². The van der Waals surface area contributed by atoms with Gasteiger partial charge in [0.25, 0.3) is 0 Å². The van der Waals surface area contributed by atoms with Crippen molar-refractivity contribution in [3.8, 4) is 0 Å². The molecule has 0 atom stereocenters. The molecular weight excluding hydrogens is 412 g/mol. The first-order chi connectivity index (χ1) is 16.4. The zero-order chi connectivity index (χ0) is 22.3. The lowest BCUT2D eigenvalue weighted by molar-refractivity contribution is 0.421. The molecule has 33 heavy (non-hydrogen) atoms. The summed E-state index contributed by atoms with van der Waals surface area (Å²) < 4.78 is 0. The first kappa shape index (κ1) is 23.2. The van der Waals surface area contributed by atoms with E-state index in [4.69, 9.17) is 0 Å². The Bertz CT molecular complexity index is 834. The van der Waals surface area contributed by atoms with Crippen molar-refractivity contribution in [3.63, 3.8) is 0 Å². The van der Waals surface area contributed by atoms with Crippen LogP contribution in [0.3, 0.4) is 0 Å². The highest BCUT2D eigenvalue weighted by Crippen LogP contribution is 2.56. The van der Waals surface area contributed by atoms with Crippen LogP contribution in [0, 0.1) is 0 Å². The molecule has 2 aromatic carbocycles. The van der Waals surface area contributed by atoms with Crippen molar-refractivity contribution in [2.45, 2.75) is 113 Å². The van der Waals surface area contributed by atoms with Crippen LogP contribution in [-0.2, 0) is 0 Å². The van der Waals surface area contributed by atoms with Crippen molar-refractivity contribution in [2.24, 2.45) is 0 Å². The predicted molar refractivity (Wildman–Crippen MR) is 148 cm³/mol. The molecule has 0 bridgehead atoms. The molecule has 0 aliphatic heterocycles. The van der Waals surface area contributed by atoms with Crippen LogP contribution in [0.1, 0.15) is 107 Å². The van der Waals surface area contributed by atoms with Crippen LogP contribution in [0.2, 0.25) is 16.6 Å². The lowest BCUT2D eigenvalue weighted by Crippen LogP contribution is -2.61. The molecule has 0 spiro atoms. The molecule has 0 N–H and O–H groups in total. The van der Waals surface area contributed by atoms with Gasteiger partial charge in [-0.05, 0) is 27.8 Å². The lowest BCUT2D eigenvalue weighted by Gasteiger charge is -2.54. The van der Waals surface area contributed by atoms with E-state index in [9.17, 15) is 0 Å². The van der Waals surface area contributed by atoms with Crippen LogP contribution in [0.4, 0.5) is 0 Å². The van der Waals surface area contributed by atoms with Crippen LogP contribution in [-0.4, -0.2) is 8.07 Å². The molecule has 5 rings (SSSR count). The zero-order valence-corrected chi connectivity index (χ0v) is 21.7. The van der Waals surface area contributed by atoms with Gasteiger partial charge in [-0.1, -0.05) is 168 Å². The van der Waals surface area contributed by atoms with Gasteiger partial charge in [-0.25, -0.2) is 0 Å². The zero-order valence-electron chi connectivity index (χ0n) is 20.7. The minimum Gasteiger partial charge on any atom is -0.0624 e. The van der Waals surface area contributed by atoms with Gasteiger partial charge in [0, 0.05) is 0 Å². The molecule has 2 aromatic rings. The second-order valence-corrected chi connectivity index (χ2v) is 16.1. The van der Waals surface area contributed by atoms with Crippen molar-refractivity contribution >= 4 is 25.4 Å². The van der Waals surface area contributed by atoms with Crippen molar-refractivity contribution in [2.75, 3.05) is 0 Å². The van der Waals surface area contributed by atoms with E-state index in [-0.39, 0.29) is 0 Å². The Hall–Kier alpha value is -1.60. The van der Waals surface area contributed by atoms with Gasteiger partial charge < -0.3 is 0 Å². The average molecular weight is 457 g/mol. The average Bonchev–Trinajstić information content (AvgIpc) is 2.91. The summed E-state index contributed by atoms with van der Waals surface area (Å²) in [5.41, 5.74) is 5.94. The molecule has 3 saturated carbocycles. The summed E-state index contributed by atoms with van der Waals surface area (Å²) in [7, 11) is -1.70. The van der Waals surface area contributed by atoms with Crippen LogP contribution < -0.4 is 5.19 Å². The summed E-state index contributed by atoms with van der Waals surface area (Å²) in [6, 6.07) is 20.7. The normalized spacial score (nSPS) is 22.1. The maximum Gasteiger partial charge on any atom is 0.0966 e. The summed E-state index contributed by atoms with van der Waals surface area (Å²) in [4.78, 5) is 0. The van der Waals surface area contributed by atoms with Gasteiger partial charge in [0.15, 0.2) is 0 Å². The van der Waals surface area contributed by atoms with Gasteiger partial charge in [0.05, 0.1) is 8.07 Å². The van der Waals surface area contributed by atoms with E-state index in [1.54, 1.807) is 5.56 Å². The molecule has 3 aliphatic carbocycles. The lowest BCUT2D eigenvalue weighted by atomic mass is 9.98.